The molecule has 2 N–H and O–H groups in total. The topological polar surface area (TPSA) is 32.3 Å². The van der Waals surface area contributed by atoms with Crippen LogP contribution in [-0.4, -0.2) is 23.3 Å². The second-order valence-electron chi connectivity index (χ2n) is 5.33. The monoisotopic (exact) mass is 199 g/mol. The molecule has 0 aromatic carbocycles. The van der Waals surface area contributed by atoms with Crippen molar-refractivity contribution in [3.8, 4) is 0 Å². The Bertz CT molecular complexity index is 164. The maximum absolute atomic E-state index is 9.87. The molecule has 1 rings (SSSR count). The van der Waals surface area contributed by atoms with Gasteiger partial charge in [0.25, 0.3) is 0 Å². The van der Waals surface area contributed by atoms with Crippen LogP contribution < -0.4 is 5.32 Å². The lowest BCUT2D eigenvalue weighted by Gasteiger charge is -2.37. The predicted octanol–water partition coefficient (Wildman–Crippen LogP) is 2.32. The summed E-state index contributed by atoms with van der Waals surface area (Å²) in [6, 6.07) is 0.544. The molecule has 1 aliphatic rings. The maximum Gasteiger partial charge on any atom is 0.0771 e. The van der Waals surface area contributed by atoms with Crippen molar-refractivity contribution in [1.82, 2.24) is 5.32 Å². The SMILES string of the molecule is CC(C)CCC(C)NCC1(O)CCC1. The highest BCUT2D eigenvalue weighted by Gasteiger charge is 2.33. The summed E-state index contributed by atoms with van der Waals surface area (Å²) in [7, 11) is 0. The van der Waals surface area contributed by atoms with E-state index in [9.17, 15) is 5.11 Å². The highest BCUT2D eigenvalue weighted by Crippen LogP contribution is 2.30. The average Bonchev–Trinajstić information content (AvgIpc) is 2.08. The van der Waals surface area contributed by atoms with E-state index in [-0.39, 0.29) is 5.60 Å². The minimum atomic E-state index is -0.369. The zero-order valence-corrected chi connectivity index (χ0v) is 9.84. The first kappa shape index (κ1) is 12.0. The highest BCUT2D eigenvalue weighted by molar-refractivity contribution is 4.90. The van der Waals surface area contributed by atoms with Crippen LogP contribution in [0.5, 0.6) is 0 Å². The van der Waals surface area contributed by atoms with Gasteiger partial charge in [0.1, 0.15) is 0 Å². The lowest BCUT2D eigenvalue weighted by atomic mass is 9.80. The van der Waals surface area contributed by atoms with Crippen molar-refractivity contribution in [3.63, 3.8) is 0 Å². The Labute approximate surface area is 88.1 Å². The number of nitrogens with one attached hydrogen (secondary N) is 1. The summed E-state index contributed by atoms with van der Waals surface area (Å²) in [4.78, 5) is 0. The molecule has 0 aromatic heterocycles. The van der Waals surface area contributed by atoms with E-state index in [4.69, 9.17) is 0 Å². The van der Waals surface area contributed by atoms with E-state index in [1.54, 1.807) is 0 Å². The first-order valence-corrected chi connectivity index (χ1v) is 5.98. The molecule has 1 fully saturated rings. The molecule has 0 bridgehead atoms. The molecule has 0 aromatic rings. The second-order valence-corrected chi connectivity index (χ2v) is 5.33. The van der Waals surface area contributed by atoms with Gasteiger partial charge in [-0.2, -0.15) is 0 Å². The van der Waals surface area contributed by atoms with Crippen molar-refractivity contribution < 1.29 is 5.11 Å². The smallest absolute Gasteiger partial charge is 0.0771 e. The van der Waals surface area contributed by atoms with Crippen LogP contribution in [0.2, 0.25) is 0 Å². The first-order chi connectivity index (χ1) is 6.52. The van der Waals surface area contributed by atoms with Crippen LogP contribution in [0.3, 0.4) is 0 Å². The van der Waals surface area contributed by atoms with Crippen molar-refractivity contribution in [3.05, 3.63) is 0 Å². The summed E-state index contributed by atoms with van der Waals surface area (Å²) < 4.78 is 0. The maximum atomic E-state index is 9.87. The Morgan fingerprint density at radius 1 is 1.21 bits per heavy atom. The lowest BCUT2D eigenvalue weighted by Crippen LogP contribution is -2.48. The van der Waals surface area contributed by atoms with E-state index in [0.717, 1.165) is 25.3 Å². The Balaban J connectivity index is 2.05. The second kappa shape index (κ2) is 5.13. The molecule has 14 heavy (non-hydrogen) atoms. The zero-order chi connectivity index (χ0) is 10.6. The van der Waals surface area contributed by atoms with Crippen LogP contribution >= 0.6 is 0 Å². The molecule has 1 unspecified atom stereocenters. The first-order valence-electron chi connectivity index (χ1n) is 5.98. The van der Waals surface area contributed by atoms with E-state index in [1.165, 1.54) is 19.3 Å². The van der Waals surface area contributed by atoms with Crippen molar-refractivity contribution in [2.45, 2.75) is 64.5 Å². The number of aliphatic hydroxyl groups is 1. The molecule has 1 saturated carbocycles. The van der Waals surface area contributed by atoms with Crippen molar-refractivity contribution in [2.75, 3.05) is 6.54 Å². The molecule has 0 spiro atoms. The Kier molecular flexibility index (Phi) is 4.39. The molecule has 2 heteroatoms. The summed E-state index contributed by atoms with van der Waals surface area (Å²) >= 11 is 0. The molecular weight excluding hydrogens is 174 g/mol. The normalized spacial score (nSPS) is 22.1. The molecule has 1 aliphatic carbocycles. The Morgan fingerprint density at radius 3 is 2.29 bits per heavy atom. The van der Waals surface area contributed by atoms with Crippen molar-refractivity contribution >= 4 is 0 Å². The largest absolute Gasteiger partial charge is 0.389 e. The minimum Gasteiger partial charge on any atom is -0.389 e. The molecule has 2 nitrogen and oxygen atoms in total. The highest BCUT2D eigenvalue weighted by atomic mass is 16.3. The summed E-state index contributed by atoms with van der Waals surface area (Å²) in [6.07, 6.45) is 5.65. The van der Waals surface area contributed by atoms with Gasteiger partial charge in [-0.15, -0.1) is 0 Å². The van der Waals surface area contributed by atoms with Crippen LogP contribution in [0.15, 0.2) is 0 Å². The Hall–Kier alpha value is -0.0800. The van der Waals surface area contributed by atoms with Crippen molar-refractivity contribution in [2.24, 2.45) is 5.92 Å². The van der Waals surface area contributed by atoms with Gasteiger partial charge in [-0.1, -0.05) is 13.8 Å². The molecule has 1 atom stereocenters. The van der Waals surface area contributed by atoms with Gasteiger partial charge in [0.05, 0.1) is 5.60 Å². The minimum absolute atomic E-state index is 0.369. The van der Waals surface area contributed by atoms with E-state index in [0.29, 0.717) is 6.04 Å². The van der Waals surface area contributed by atoms with Gasteiger partial charge in [-0.3, -0.25) is 0 Å². The molecule has 0 radical (unpaired) electrons. The van der Waals surface area contributed by atoms with Crippen LogP contribution in [0.1, 0.15) is 52.9 Å². The molecule has 0 saturated heterocycles. The fourth-order valence-corrected chi connectivity index (χ4v) is 1.81. The number of hydrogen-bond acceptors (Lipinski definition) is 2. The fraction of sp³-hybridized carbons (Fsp3) is 1.00. The quantitative estimate of drug-likeness (QED) is 0.688. The van der Waals surface area contributed by atoms with E-state index >= 15 is 0 Å². The number of rotatable bonds is 6. The molecule has 84 valence electrons. The van der Waals surface area contributed by atoms with Gasteiger partial charge >= 0.3 is 0 Å². The third-order valence-corrected chi connectivity index (χ3v) is 3.24. The van der Waals surface area contributed by atoms with Crippen LogP contribution in [0.4, 0.5) is 0 Å². The van der Waals surface area contributed by atoms with Gasteiger partial charge in [0.15, 0.2) is 0 Å². The average molecular weight is 199 g/mol. The summed E-state index contributed by atoms with van der Waals surface area (Å²) in [5, 5.41) is 13.3. The van der Waals surface area contributed by atoms with Crippen LogP contribution in [0.25, 0.3) is 0 Å². The molecule has 0 amide bonds. The van der Waals surface area contributed by atoms with E-state index < -0.39 is 0 Å². The third-order valence-electron chi connectivity index (χ3n) is 3.24. The Morgan fingerprint density at radius 2 is 1.86 bits per heavy atom. The molecule has 0 aliphatic heterocycles. The van der Waals surface area contributed by atoms with Crippen molar-refractivity contribution in [1.29, 1.82) is 0 Å². The third kappa shape index (κ3) is 3.97. The summed E-state index contributed by atoms with van der Waals surface area (Å²) in [6.45, 7) is 7.51. The number of hydrogen-bond donors (Lipinski definition) is 2. The van der Waals surface area contributed by atoms with E-state index in [2.05, 4.69) is 26.1 Å². The van der Waals surface area contributed by atoms with Gasteiger partial charge in [0, 0.05) is 12.6 Å². The standard InChI is InChI=1S/C12H25NO/c1-10(2)5-6-11(3)13-9-12(14)7-4-8-12/h10-11,13-14H,4-9H2,1-3H3. The van der Waals surface area contributed by atoms with Gasteiger partial charge in [-0.25, -0.2) is 0 Å². The van der Waals surface area contributed by atoms with Gasteiger partial charge < -0.3 is 10.4 Å². The summed E-state index contributed by atoms with van der Waals surface area (Å²) in [5.74, 6) is 0.783. The lowest BCUT2D eigenvalue weighted by molar-refractivity contribution is -0.0330. The molecule has 0 heterocycles. The van der Waals surface area contributed by atoms with Crippen LogP contribution in [0, 0.1) is 5.92 Å². The summed E-state index contributed by atoms with van der Waals surface area (Å²) in [5.41, 5.74) is -0.369. The molecular formula is C12H25NO. The van der Waals surface area contributed by atoms with E-state index in [1.807, 2.05) is 0 Å². The predicted molar refractivity (Wildman–Crippen MR) is 60.3 cm³/mol. The zero-order valence-electron chi connectivity index (χ0n) is 9.84. The van der Waals surface area contributed by atoms with Crippen LogP contribution in [-0.2, 0) is 0 Å². The fourth-order valence-electron chi connectivity index (χ4n) is 1.81. The van der Waals surface area contributed by atoms with Gasteiger partial charge in [-0.05, 0) is 44.9 Å². The van der Waals surface area contributed by atoms with Gasteiger partial charge in [0.2, 0.25) is 0 Å².